The van der Waals surface area contributed by atoms with Crippen LogP contribution >= 0.6 is 0 Å². The van der Waals surface area contributed by atoms with E-state index in [2.05, 4.69) is 44.3 Å². The van der Waals surface area contributed by atoms with E-state index in [4.69, 9.17) is 0 Å². The number of carbonyl (C=O) groups is 1. The van der Waals surface area contributed by atoms with Crippen LogP contribution in [0.1, 0.15) is 15.9 Å². The van der Waals surface area contributed by atoms with Crippen molar-refractivity contribution < 1.29 is 4.79 Å². The van der Waals surface area contributed by atoms with Gasteiger partial charge in [-0.15, -0.1) is 0 Å². The fraction of sp³-hybridized carbons (Fsp3) is 0.217. The first-order chi connectivity index (χ1) is 14.3. The summed E-state index contributed by atoms with van der Waals surface area (Å²) in [6.07, 6.45) is 1.80. The van der Waals surface area contributed by atoms with Gasteiger partial charge in [0.05, 0.1) is 5.69 Å². The van der Waals surface area contributed by atoms with Crippen LogP contribution in [0.5, 0.6) is 0 Å². The van der Waals surface area contributed by atoms with Gasteiger partial charge in [-0.2, -0.15) is 5.10 Å². The fourth-order valence-electron chi connectivity index (χ4n) is 3.95. The van der Waals surface area contributed by atoms with Crippen molar-refractivity contribution in [3.63, 3.8) is 0 Å². The van der Waals surface area contributed by atoms with Gasteiger partial charge >= 0.3 is 0 Å². The van der Waals surface area contributed by atoms with Gasteiger partial charge in [-0.3, -0.25) is 14.8 Å². The second-order valence-corrected chi connectivity index (χ2v) is 7.50. The zero-order chi connectivity index (χ0) is 19.6. The number of fused-ring (bicyclic) bond motifs is 1. The molecule has 2 aromatic carbocycles. The topological polar surface area (TPSA) is 68.0 Å². The molecule has 2 N–H and O–H groups in total. The molecular formula is C23H23N5O. The summed E-state index contributed by atoms with van der Waals surface area (Å²) >= 11 is 0. The van der Waals surface area contributed by atoms with Crippen LogP contribution in [-0.4, -0.2) is 57.1 Å². The molecule has 3 heterocycles. The van der Waals surface area contributed by atoms with E-state index >= 15 is 0 Å². The molecule has 1 aliphatic rings. The van der Waals surface area contributed by atoms with Crippen molar-refractivity contribution in [3.05, 3.63) is 78.0 Å². The van der Waals surface area contributed by atoms with Gasteiger partial charge in [0, 0.05) is 55.4 Å². The van der Waals surface area contributed by atoms with Gasteiger partial charge in [0.25, 0.3) is 5.91 Å². The van der Waals surface area contributed by atoms with Crippen LogP contribution in [0.15, 0.2) is 66.9 Å². The zero-order valence-electron chi connectivity index (χ0n) is 16.1. The number of benzene rings is 2. The number of rotatable bonds is 4. The van der Waals surface area contributed by atoms with Crippen molar-refractivity contribution in [2.45, 2.75) is 6.54 Å². The summed E-state index contributed by atoms with van der Waals surface area (Å²) in [5.74, 6) is 0.105. The lowest BCUT2D eigenvalue weighted by Gasteiger charge is -2.34. The molecule has 146 valence electrons. The number of carbonyl (C=O) groups excluding carboxylic acids is 1. The number of amides is 1. The van der Waals surface area contributed by atoms with Gasteiger partial charge in [0.2, 0.25) is 0 Å². The Balaban J connectivity index is 1.26. The number of hydrogen-bond donors (Lipinski definition) is 2. The molecular weight excluding hydrogens is 362 g/mol. The molecule has 6 nitrogen and oxygen atoms in total. The Morgan fingerprint density at radius 1 is 0.966 bits per heavy atom. The van der Waals surface area contributed by atoms with Crippen LogP contribution in [0.25, 0.3) is 22.3 Å². The van der Waals surface area contributed by atoms with Crippen molar-refractivity contribution in [2.24, 2.45) is 0 Å². The van der Waals surface area contributed by atoms with Crippen molar-refractivity contribution >= 4 is 16.8 Å². The first kappa shape index (κ1) is 17.7. The predicted molar refractivity (Wildman–Crippen MR) is 114 cm³/mol. The van der Waals surface area contributed by atoms with E-state index in [1.807, 2.05) is 41.3 Å². The Labute approximate surface area is 169 Å². The first-order valence-corrected chi connectivity index (χ1v) is 9.95. The van der Waals surface area contributed by atoms with Gasteiger partial charge in [-0.1, -0.05) is 30.3 Å². The number of piperazine rings is 1. The maximum absolute atomic E-state index is 13.0. The highest BCUT2D eigenvalue weighted by molar-refractivity contribution is 5.99. The third kappa shape index (κ3) is 3.67. The number of aromatic nitrogens is 3. The van der Waals surface area contributed by atoms with Crippen LogP contribution in [0.4, 0.5) is 0 Å². The Bertz CT molecular complexity index is 1110. The number of hydrogen-bond acceptors (Lipinski definition) is 3. The molecule has 1 fully saturated rings. The number of H-pyrrole nitrogens is 2. The fourth-order valence-corrected chi connectivity index (χ4v) is 3.95. The van der Waals surface area contributed by atoms with E-state index in [9.17, 15) is 4.79 Å². The van der Waals surface area contributed by atoms with Gasteiger partial charge in [0.1, 0.15) is 5.69 Å². The highest BCUT2D eigenvalue weighted by Crippen LogP contribution is 2.24. The number of aromatic amines is 2. The van der Waals surface area contributed by atoms with E-state index in [-0.39, 0.29) is 5.91 Å². The molecule has 29 heavy (non-hydrogen) atoms. The number of nitrogens with one attached hydrogen (secondary N) is 2. The number of nitrogens with zero attached hydrogens (tertiary/aromatic N) is 3. The molecule has 0 radical (unpaired) electrons. The summed E-state index contributed by atoms with van der Waals surface area (Å²) < 4.78 is 0. The molecule has 6 heteroatoms. The third-order valence-corrected chi connectivity index (χ3v) is 5.55. The minimum atomic E-state index is 0.105. The van der Waals surface area contributed by atoms with Crippen molar-refractivity contribution in [2.75, 3.05) is 26.2 Å². The van der Waals surface area contributed by atoms with E-state index in [0.29, 0.717) is 0 Å². The van der Waals surface area contributed by atoms with Crippen LogP contribution in [0.3, 0.4) is 0 Å². The standard InChI is InChI=1S/C23H23N5O/c29-23(28-12-10-27(11-13-28)16-17-4-2-1-3-5-17)18-6-7-20-19(14-18)15-22(25-20)21-8-9-24-26-21/h1-9,14-15,25H,10-13,16H2,(H,24,26). The quantitative estimate of drug-likeness (QED) is 0.565. The van der Waals surface area contributed by atoms with Gasteiger partial charge in [-0.25, -0.2) is 0 Å². The average molecular weight is 385 g/mol. The summed E-state index contributed by atoms with van der Waals surface area (Å²) in [5, 5.41) is 8.07. The summed E-state index contributed by atoms with van der Waals surface area (Å²) in [4.78, 5) is 20.8. The second kappa shape index (κ2) is 7.56. The third-order valence-electron chi connectivity index (χ3n) is 5.55. The van der Waals surface area contributed by atoms with Crippen molar-refractivity contribution in [1.82, 2.24) is 25.0 Å². The summed E-state index contributed by atoms with van der Waals surface area (Å²) in [5.41, 5.74) is 4.87. The normalized spacial score (nSPS) is 15.1. The molecule has 1 amide bonds. The molecule has 0 aliphatic carbocycles. The van der Waals surface area contributed by atoms with Gasteiger partial charge in [-0.05, 0) is 35.9 Å². The van der Waals surface area contributed by atoms with Crippen LogP contribution < -0.4 is 0 Å². The molecule has 1 aliphatic heterocycles. The molecule has 0 bridgehead atoms. The second-order valence-electron chi connectivity index (χ2n) is 7.50. The lowest BCUT2D eigenvalue weighted by molar-refractivity contribution is 0.0628. The van der Waals surface area contributed by atoms with Gasteiger partial charge < -0.3 is 9.88 Å². The van der Waals surface area contributed by atoms with E-state index in [0.717, 1.165) is 60.6 Å². The maximum Gasteiger partial charge on any atom is 0.253 e. The lowest BCUT2D eigenvalue weighted by Crippen LogP contribution is -2.48. The highest BCUT2D eigenvalue weighted by Gasteiger charge is 2.22. The zero-order valence-corrected chi connectivity index (χ0v) is 16.1. The SMILES string of the molecule is O=C(c1ccc2[nH]c(-c3cc[nH]n3)cc2c1)N1CCN(Cc2ccccc2)CC1. The Morgan fingerprint density at radius 2 is 1.79 bits per heavy atom. The van der Waals surface area contributed by atoms with Gasteiger partial charge in [0.15, 0.2) is 0 Å². The predicted octanol–water partition coefficient (Wildman–Crippen LogP) is 3.52. The molecule has 0 saturated carbocycles. The van der Waals surface area contributed by atoms with Crippen LogP contribution in [0, 0.1) is 0 Å². The Kier molecular flexibility index (Phi) is 4.62. The van der Waals surface area contributed by atoms with Crippen LogP contribution in [0.2, 0.25) is 0 Å². The molecule has 4 aromatic rings. The lowest BCUT2D eigenvalue weighted by atomic mass is 10.1. The Hall–Kier alpha value is -3.38. The molecule has 0 atom stereocenters. The molecule has 0 spiro atoms. The van der Waals surface area contributed by atoms with Crippen molar-refractivity contribution in [1.29, 1.82) is 0 Å². The molecule has 1 saturated heterocycles. The Morgan fingerprint density at radius 3 is 2.55 bits per heavy atom. The molecule has 2 aromatic heterocycles. The molecule has 0 unspecified atom stereocenters. The minimum absolute atomic E-state index is 0.105. The van der Waals surface area contributed by atoms with E-state index < -0.39 is 0 Å². The van der Waals surface area contributed by atoms with Crippen LogP contribution in [-0.2, 0) is 6.54 Å². The smallest absolute Gasteiger partial charge is 0.253 e. The monoisotopic (exact) mass is 385 g/mol. The minimum Gasteiger partial charge on any atom is -0.353 e. The summed E-state index contributed by atoms with van der Waals surface area (Å²) in [6.45, 7) is 4.26. The first-order valence-electron chi connectivity index (χ1n) is 9.95. The molecule has 5 rings (SSSR count). The maximum atomic E-state index is 13.0. The highest BCUT2D eigenvalue weighted by atomic mass is 16.2. The summed E-state index contributed by atoms with van der Waals surface area (Å²) in [7, 11) is 0. The van der Waals surface area contributed by atoms with E-state index in [1.54, 1.807) is 6.20 Å². The largest absolute Gasteiger partial charge is 0.353 e. The average Bonchev–Trinajstić information content (AvgIpc) is 3.44. The van der Waals surface area contributed by atoms with Crippen molar-refractivity contribution in [3.8, 4) is 11.4 Å². The summed E-state index contributed by atoms with van der Waals surface area (Å²) in [6, 6.07) is 20.3. The van der Waals surface area contributed by atoms with E-state index in [1.165, 1.54) is 5.56 Å².